The zero-order valence-electron chi connectivity index (χ0n) is 9.37. The topological polar surface area (TPSA) is 35.2 Å². The van der Waals surface area contributed by atoms with E-state index in [9.17, 15) is 0 Å². The monoisotopic (exact) mass is 193 g/mol. The minimum atomic E-state index is 0.112. The lowest BCUT2D eigenvalue weighted by Crippen LogP contribution is -2.17. The summed E-state index contributed by atoms with van der Waals surface area (Å²) in [6, 6.07) is 6.15. The van der Waals surface area contributed by atoms with E-state index in [1.165, 1.54) is 11.1 Å². The molecular formula is C12H19NO. The van der Waals surface area contributed by atoms with Crippen LogP contribution in [-0.4, -0.2) is 7.11 Å². The van der Waals surface area contributed by atoms with Gasteiger partial charge in [-0.2, -0.15) is 0 Å². The van der Waals surface area contributed by atoms with Crippen LogP contribution in [0.25, 0.3) is 0 Å². The van der Waals surface area contributed by atoms with Crippen LogP contribution in [0.4, 0.5) is 0 Å². The molecule has 1 aromatic rings. The van der Waals surface area contributed by atoms with Crippen molar-refractivity contribution < 1.29 is 4.74 Å². The molecule has 2 heteroatoms. The predicted molar refractivity (Wildman–Crippen MR) is 59.5 cm³/mol. The summed E-state index contributed by atoms with van der Waals surface area (Å²) in [5, 5.41) is 0. The van der Waals surface area contributed by atoms with Gasteiger partial charge in [-0.25, -0.2) is 0 Å². The van der Waals surface area contributed by atoms with Crippen molar-refractivity contribution in [3.05, 3.63) is 29.3 Å². The van der Waals surface area contributed by atoms with Gasteiger partial charge in [0.05, 0.1) is 7.11 Å². The highest BCUT2D eigenvalue weighted by atomic mass is 16.5. The summed E-state index contributed by atoms with van der Waals surface area (Å²) in [7, 11) is 1.68. The maximum atomic E-state index is 6.09. The van der Waals surface area contributed by atoms with Crippen LogP contribution in [0, 0.1) is 12.8 Å². The Labute approximate surface area is 86.1 Å². The van der Waals surface area contributed by atoms with Gasteiger partial charge in [0.2, 0.25) is 0 Å². The number of hydrogen-bond donors (Lipinski definition) is 1. The number of ether oxygens (including phenoxy) is 1. The second-order valence-electron chi connectivity index (χ2n) is 3.99. The minimum absolute atomic E-state index is 0.112. The number of nitrogens with two attached hydrogens (primary N) is 1. The number of methoxy groups -OCH3 is 1. The third-order valence-corrected chi connectivity index (χ3v) is 2.55. The zero-order valence-corrected chi connectivity index (χ0v) is 9.37. The smallest absolute Gasteiger partial charge is 0.119 e. The van der Waals surface area contributed by atoms with Crippen LogP contribution in [0.5, 0.6) is 5.75 Å². The Kier molecular flexibility index (Phi) is 3.53. The fourth-order valence-electron chi connectivity index (χ4n) is 1.51. The van der Waals surface area contributed by atoms with Gasteiger partial charge in [-0.3, -0.25) is 0 Å². The highest BCUT2D eigenvalue weighted by Crippen LogP contribution is 2.25. The van der Waals surface area contributed by atoms with Crippen molar-refractivity contribution in [3.63, 3.8) is 0 Å². The zero-order chi connectivity index (χ0) is 10.7. The molecule has 0 bridgehead atoms. The number of hydrogen-bond acceptors (Lipinski definition) is 2. The molecule has 0 saturated heterocycles. The average molecular weight is 193 g/mol. The fraction of sp³-hybridized carbons (Fsp3) is 0.500. The molecule has 0 aliphatic carbocycles. The normalized spacial score (nSPS) is 13.0. The summed E-state index contributed by atoms with van der Waals surface area (Å²) < 4.78 is 5.15. The molecule has 0 unspecified atom stereocenters. The first-order chi connectivity index (χ1) is 6.56. The van der Waals surface area contributed by atoms with Gasteiger partial charge in [0.25, 0.3) is 0 Å². The van der Waals surface area contributed by atoms with E-state index in [4.69, 9.17) is 10.5 Å². The lowest BCUT2D eigenvalue weighted by molar-refractivity contribution is 0.413. The maximum Gasteiger partial charge on any atom is 0.119 e. The molecule has 0 spiro atoms. The molecule has 0 saturated carbocycles. The largest absolute Gasteiger partial charge is 0.497 e. The van der Waals surface area contributed by atoms with Gasteiger partial charge >= 0.3 is 0 Å². The van der Waals surface area contributed by atoms with Crippen molar-refractivity contribution in [2.24, 2.45) is 11.7 Å². The first-order valence-corrected chi connectivity index (χ1v) is 4.96. The third kappa shape index (κ3) is 2.26. The van der Waals surface area contributed by atoms with Crippen molar-refractivity contribution in [2.75, 3.05) is 7.11 Å². The Hall–Kier alpha value is -1.02. The number of benzene rings is 1. The Morgan fingerprint density at radius 1 is 1.29 bits per heavy atom. The van der Waals surface area contributed by atoms with Crippen molar-refractivity contribution in [1.29, 1.82) is 0 Å². The van der Waals surface area contributed by atoms with E-state index >= 15 is 0 Å². The summed E-state index contributed by atoms with van der Waals surface area (Å²) in [6.07, 6.45) is 0. The molecule has 0 heterocycles. The molecular weight excluding hydrogens is 174 g/mol. The van der Waals surface area contributed by atoms with E-state index in [-0.39, 0.29) is 6.04 Å². The SMILES string of the molecule is COc1ccc([C@H](N)C(C)C)c(C)c1. The molecule has 78 valence electrons. The van der Waals surface area contributed by atoms with Gasteiger partial charge in [0.1, 0.15) is 5.75 Å². The summed E-state index contributed by atoms with van der Waals surface area (Å²) in [4.78, 5) is 0. The molecule has 1 aromatic carbocycles. The third-order valence-electron chi connectivity index (χ3n) is 2.55. The molecule has 1 rings (SSSR count). The minimum Gasteiger partial charge on any atom is -0.497 e. The van der Waals surface area contributed by atoms with Crippen LogP contribution in [-0.2, 0) is 0 Å². The highest BCUT2D eigenvalue weighted by molar-refractivity contribution is 5.36. The Balaban J connectivity index is 2.99. The van der Waals surface area contributed by atoms with Gasteiger partial charge in [0, 0.05) is 6.04 Å². The molecule has 0 aliphatic heterocycles. The van der Waals surface area contributed by atoms with E-state index in [1.807, 2.05) is 12.1 Å². The van der Waals surface area contributed by atoms with Crippen LogP contribution in [0.15, 0.2) is 18.2 Å². The predicted octanol–water partition coefficient (Wildman–Crippen LogP) is 2.66. The van der Waals surface area contributed by atoms with Crippen molar-refractivity contribution in [2.45, 2.75) is 26.8 Å². The lowest BCUT2D eigenvalue weighted by atomic mass is 9.93. The Morgan fingerprint density at radius 2 is 1.93 bits per heavy atom. The standard InChI is InChI=1S/C12H19NO/c1-8(2)12(13)11-6-5-10(14-4)7-9(11)3/h5-8,12H,13H2,1-4H3/t12-/m1/s1. The van der Waals surface area contributed by atoms with E-state index in [0.717, 1.165) is 5.75 Å². The number of aryl methyl sites for hydroxylation is 1. The van der Waals surface area contributed by atoms with E-state index in [2.05, 4.69) is 26.8 Å². The van der Waals surface area contributed by atoms with Crippen molar-refractivity contribution in [3.8, 4) is 5.75 Å². The summed E-state index contributed by atoms with van der Waals surface area (Å²) in [6.45, 7) is 6.34. The lowest BCUT2D eigenvalue weighted by Gasteiger charge is -2.18. The summed E-state index contributed by atoms with van der Waals surface area (Å²) >= 11 is 0. The van der Waals surface area contributed by atoms with Crippen molar-refractivity contribution >= 4 is 0 Å². The van der Waals surface area contributed by atoms with Crippen LogP contribution in [0.2, 0.25) is 0 Å². The molecule has 14 heavy (non-hydrogen) atoms. The first-order valence-electron chi connectivity index (χ1n) is 4.96. The quantitative estimate of drug-likeness (QED) is 0.801. The Bertz CT molecular complexity index is 307. The summed E-state index contributed by atoms with van der Waals surface area (Å²) in [5.41, 5.74) is 8.50. The van der Waals surface area contributed by atoms with Crippen LogP contribution in [0.1, 0.15) is 31.0 Å². The molecule has 0 fully saturated rings. The first kappa shape index (κ1) is 11.1. The van der Waals surface area contributed by atoms with E-state index < -0.39 is 0 Å². The number of rotatable bonds is 3. The molecule has 2 N–H and O–H groups in total. The Morgan fingerprint density at radius 3 is 2.36 bits per heavy atom. The van der Waals surface area contributed by atoms with Crippen LogP contribution < -0.4 is 10.5 Å². The second kappa shape index (κ2) is 4.47. The van der Waals surface area contributed by atoms with Gasteiger partial charge in [-0.15, -0.1) is 0 Å². The maximum absolute atomic E-state index is 6.09. The fourth-order valence-corrected chi connectivity index (χ4v) is 1.51. The van der Waals surface area contributed by atoms with E-state index in [1.54, 1.807) is 7.11 Å². The molecule has 1 atom stereocenters. The average Bonchev–Trinajstić information content (AvgIpc) is 2.16. The van der Waals surface area contributed by atoms with Crippen molar-refractivity contribution in [1.82, 2.24) is 0 Å². The molecule has 2 nitrogen and oxygen atoms in total. The summed E-state index contributed by atoms with van der Waals surface area (Å²) in [5.74, 6) is 1.35. The van der Waals surface area contributed by atoms with Crippen LogP contribution >= 0.6 is 0 Å². The molecule has 0 aromatic heterocycles. The van der Waals surface area contributed by atoms with Gasteiger partial charge < -0.3 is 10.5 Å². The molecule has 0 radical (unpaired) electrons. The van der Waals surface area contributed by atoms with Crippen LogP contribution in [0.3, 0.4) is 0 Å². The van der Waals surface area contributed by atoms with E-state index in [0.29, 0.717) is 5.92 Å². The highest BCUT2D eigenvalue weighted by Gasteiger charge is 2.12. The molecule has 0 amide bonds. The van der Waals surface area contributed by atoms with Gasteiger partial charge in [-0.05, 0) is 36.1 Å². The van der Waals surface area contributed by atoms with Gasteiger partial charge in [0.15, 0.2) is 0 Å². The van der Waals surface area contributed by atoms with Gasteiger partial charge in [-0.1, -0.05) is 19.9 Å². The second-order valence-corrected chi connectivity index (χ2v) is 3.99. The molecule has 0 aliphatic rings.